The molecule has 7 heteroatoms. The molecule has 0 radical (unpaired) electrons. The van der Waals surface area contributed by atoms with Crippen LogP contribution in [0.3, 0.4) is 0 Å². The summed E-state index contributed by atoms with van der Waals surface area (Å²) in [5.41, 5.74) is 1.26. The van der Waals surface area contributed by atoms with Crippen molar-refractivity contribution in [3.8, 4) is 16.9 Å². The molecule has 140 valence electrons. The monoisotopic (exact) mass is 384 g/mol. The standard InChI is InChI=1S/C20H20N2O4S/c1-22-11-17(14-5-3-4-6-15(14)20(22)23)16-9-19(27(2,24)25)21-10-18(16)26-12-13-7-8-13/h3-6,9-11,13H,7-8,12H2,1-2H3. The molecule has 0 atom stereocenters. The lowest BCUT2D eigenvalue weighted by molar-refractivity contribution is 0.299. The molecule has 0 spiro atoms. The van der Waals surface area contributed by atoms with Gasteiger partial charge in [-0.3, -0.25) is 4.79 Å². The number of hydrogen-bond donors (Lipinski definition) is 0. The Labute approximate surface area is 157 Å². The molecule has 27 heavy (non-hydrogen) atoms. The van der Waals surface area contributed by atoms with Gasteiger partial charge in [0.1, 0.15) is 5.75 Å². The fourth-order valence-electron chi connectivity index (χ4n) is 3.08. The van der Waals surface area contributed by atoms with E-state index in [2.05, 4.69) is 4.98 Å². The summed E-state index contributed by atoms with van der Waals surface area (Å²) < 4.78 is 31.5. The van der Waals surface area contributed by atoms with Crippen LogP contribution in [0.1, 0.15) is 12.8 Å². The van der Waals surface area contributed by atoms with Crippen molar-refractivity contribution in [3.05, 3.63) is 53.1 Å². The number of sulfone groups is 1. The van der Waals surface area contributed by atoms with Gasteiger partial charge >= 0.3 is 0 Å². The number of fused-ring (bicyclic) bond motifs is 1. The number of rotatable bonds is 5. The number of aromatic nitrogens is 2. The first-order valence-corrected chi connectivity index (χ1v) is 10.7. The topological polar surface area (TPSA) is 78.3 Å². The van der Waals surface area contributed by atoms with Gasteiger partial charge in [0, 0.05) is 36.0 Å². The van der Waals surface area contributed by atoms with Gasteiger partial charge in [0.15, 0.2) is 14.9 Å². The minimum Gasteiger partial charge on any atom is -0.491 e. The van der Waals surface area contributed by atoms with Crippen molar-refractivity contribution in [1.29, 1.82) is 0 Å². The molecule has 1 saturated carbocycles. The fraction of sp³-hybridized carbons (Fsp3) is 0.300. The molecule has 6 nitrogen and oxygen atoms in total. The van der Waals surface area contributed by atoms with Crippen molar-refractivity contribution in [3.63, 3.8) is 0 Å². The van der Waals surface area contributed by atoms with Crippen LogP contribution < -0.4 is 10.3 Å². The van der Waals surface area contributed by atoms with Crippen molar-refractivity contribution in [2.24, 2.45) is 13.0 Å². The van der Waals surface area contributed by atoms with Gasteiger partial charge in [0.2, 0.25) is 0 Å². The second kappa shape index (κ2) is 6.49. The Bertz CT molecular complexity index is 1190. The zero-order valence-corrected chi connectivity index (χ0v) is 16.0. The van der Waals surface area contributed by atoms with Gasteiger partial charge in [0.05, 0.1) is 12.8 Å². The summed E-state index contributed by atoms with van der Waals surface area (Å²) in [6.45, 7) is 0.580. The molecule has 3 aromatic rings. The molecule has 4 rings (SSSR count). The Morgan fingerprint density at radius 1 is 1.19 bits per heavy atom. The van der Waals surface area contributed by atoms with Crippen molar-refractivity contribution in [2.45, 2.75) is 17.9 Å². The number of nitrogens with zero attached hydrogens (tertiary/aromatic N) is 2. The summed E-state index contributed by atoms with van der Waals surface area (Å²) >= 11 is 0. The predicted octanol–water partition coefficient (Wildman–Crippen LogP) is 2.79. The van der Waals surface area contributed by atoms with E-state index in [0.717, 1.165) is 30.0 Å². The zero-order valence-electron chi connectivity index (χ0n) is 15.2. The van der Waals surface area contributed by atoms with E-state index in [0.29, 0.717) is 29.2 Å². The largest absolute Gasteiger partial charge is 0.491 e. The lowest BCUT2D eigenvalue weighted by Gasteiger charge is -2.15. The molecule has 0 bridgehead atoms. The number of pyridine rings is 2. The van der Waals surface area contributed by atoms with Gasteiger partial charge in [0.25, 0.3) is 5.56 Å². The van der Waals surface area contributed by atoms with Crippen LogP contribution in [0.4, 0.5) is 0 Å². The van der Waals surface area contributed by atoms with E-state index in [9.17, 15) is 13.2 Å². The van der Waals surface area contributed by atoms with Crippen molar-refractivity contribution in [1.82, 2.24) is 9.55 Å². The third kappa shape index (κ3) is 3.47. The Morgan fingerprint density at radius 3 is 2.56 bits per heavy atom. The van der Waals surface area contributed by atoms with Gasteiger partial charge < -0.3 is 9.30 Å². The maximum absolute atomic E-state index is 12.5. The molecule has 0 aliphatic heterocycles. The van der Waals surface area contributed by atoms with Crippen LogP contribution in [0.5, 0.6) is 5.75 Å². The van der Waals surface area contributed by atoms with Gasteiger partial charge in [-0.25, -0.2) is 13.4 Å². The zero-order chi connectivity index (χ0) is 19.2. The predicted molar refractivity (Wildman–Crippen MR) is 104 cm³/mol. The Morgan fingerprint density at radius 2 is 1.89 bits per heavy atom. The van der Waals surface area contributed by atoms with Crippen LogP contribution in [0.25, 0.3) is 21.9 Å². The first-order chi connectivity index (χ1) is 12.8. The molecule has 1 aliphatic carbocycles. The highest BCUT2D eigenvalue weighted by atomic mass is 32.2. The highest BCUT2D eigenvalue weighted by Crippen LogP contribution is 2.36. The molecular formula is C20H20N2O4S. The summed E-state index contributed by atoms with van der Waals surface area (Å²) in [4.78, 5) is 16.5. The SMILES string of the molecule is Cn1cc(-c2cc(S(C)(=O)=O)ncc2OCC2CC2)c2ccccc2c1=O. The maximum atomic E-state index is 12.5. The van der Waals surface area contributed by atoms with Gasteiger partial charge in [-0.1, -0.05) is 18.2 Å². The van der Waals surface area contributed by atoms with E-state index in [4.69, 9.17) is 4.74 Å². The van der Waals surface area contributed by atoms with Crippen molar-refractivity contribution in [2.75, 3.05) is 12.9 Å². The minimum absolute atomic E-state index is 0.0193. The average Bonchev–Trinajstić information content (AvgIpc) is 3.47. The van der Waals surface area contributed by atoms with Crippen LogP contribution in [0, 0.1) is 5.92 Å². The molecule has 2 aromatic heterocycles. The number of hydrogen-bond acceptors (Lipinski definition) is 5. The van der Waals surface area contributed by atoms with E-state index in [1.807, 2.05) is 18.2 Å². The third-order valence-electron chi connectivity index (χ3n) is 4.77. The molecular weight excluding hydrogens is 364 g/mol. The van der Waals surface area contributed by atoms with E-state index in [1.54, 1.807) is 19.3 Å². The molecule has 0 unspecified atom stereocenters. The van der Waals surface area contributed by atoms with Crippen LogP contribution in [-0.2, 0) is 16.9 Å². The van der Waals surface area contributed by atoms with Crippen molar-refractivity contribution >= 4 is 20.6 Å². The Kier molecular flexibility index (Phi) is 4.26. The van der Waals surface area contributed by atoms with Gasteiger partial charge in [-0.15, -0.1) is 0 Å². The fourth-order valence-corrected chi connectivity index (χ4v) is 3.65. The lowest BCUT2D eigenvalue weighted by atomic mass is 10.0. The number of ether oxygens (including phenoxy) is 1. The summed E-state index contributed by atoms with van der Waals surface area (Å²) in [6.07, 6.45) is 6.60. The second-order valence-electron chi connectivity index (χ2n) is 7.05. The molecule has 0 N–H and O–H groups in total. The second-order valence-corrected chi connectivity index (χ2v) is 9.01. The summed E-state index contributed by atoms with van der Waals surface area (Å²) in [5.74, 6) is 1.07. The Hall–Kier alpha value is -2.67. The lowest BCUT2D eigenvalue weighted by Crippen LogP contribution is -2.16. The maximum Gasteiger partial charge on any atom is 0.258 e. The molecule has 1 aromatic carbocycles. The minimum atomic E-state index is -3.48. The van der Waals surface area contributed by atoms with E-state index in [1.165, 1.54) is 16.8 Å². The quantitative estimate of drug-likeness (QED) is 0.676. The summed E-state index contributed by atoms with van der Waals surface area (Å²) in [5, 5.41) is 1.31. The normalized spacial score (nSPS) is 14.4. The number of benzene rings is 1. The highest BCUT2D eigenvalue weighted by molar-refractivity contribution is 7.90. The van der Waals surface area contributed by atoms with Crippen molar-refractivity contribution < 1.29 is 13.2 Å². The molecule has 1 fully saturated rings. The average molecular weight is 384 g/mol. The summed E-state index contributed by atoms with van der Waals surface area (Å²) in [7, 11) is -1.79. The van der Waals surface area contributed by atoms with E-state index < -0.39 is 9.84 Å². The van der Waals surface area contributed by atoms with Crippen LogP contribution in [0.2, 0.25) is 0 Å². The smallest absolute Gasteiger partial charge is 0.258 e. The van der Waals surface area contributed by atoms with E-state index in [-0.39, 0.29) is 10.6 Å². The molecule has 1 aliphatic rings. The first kappa shape index (κ1) is 17.7. The van der Waals surface area contributed by atoms with Crippen LogP contribution >= 0.6 is 0 Å². The highest BCUT2D eigenvalue weighted by Gasteiger charge is 2.24. The molecule has 2 heterocycles. The summed E-state index contributed by atoms with van der Waals surface area (Å²) in [6, 6.07) is 8.83. The van der Waals surface area contributed by atoms with E-state index >= 15 is 0 Å². The Balaban J connectivity index is 1.97. The van der Waals surface area contributed by atoms with Crippen LogP contribution in [0.15, 0.2) is 52.5 Å². The molecule has 0 saturated heterocycles. The van der Waals surface area contributed by atoms with Crippen LogP contribution in [-0.4, -0.2) is 30.8 Å². The van der Waals surface area contributed by atoms with Gasteiger partial charge in [-0.05, 0) is 36.3 Å². The third-order valence-corrected chi connectivity index (χ3v) is 5.76. The first-order valence-electron chi connectivity index (χ1n) is 8.76. The number of aryl methyl sites for hydroxylation is 1. The molecule has 0 amide bonds. The van der Waals surface area contributed by atoms with Gasteiger partial charge in [-0.2, -0.15) is 0 Å².